The highest BCUT2D eigenvalue weighted by Gasteiger charge is 2.32. The highest BCUT2D eigenvalue weighted by atomic mass is 16.5. The number of aryl methyl sites for hydroxylation is 1. The van der Waals surface area contributed by atoms with Crippen molar-refractivity contribution in [2.75, 3.05) is 13.7 Å². The van der Waals surface area contributed by atoms with Gasteiger partial charge in [0.1, 0.15) is 6.04 Å². The summed E-state index contributed by atoms with van der Waals surface area (Å²) in [5.74, 6) is -0.268. The fourth-order valence-corrected chi connectivity index (χ4v) is 3.33. The molecule has 0 bridgehead atoms. The normalized spacial score (nSPS) is 18.1. The lowest BCUT2D eigenvalue weighted by Crippen LogP contribution is -2.48. The standard InChI is InChI=1S/C18H22N2O3/c1-23-18(22)16-8-4-5-11-20(16)17(21)10-9-13-12-19-15-7-3-2-6-14(13)15/h2-3,6-7,12,16,19H,4-5,8-11H2,1H3/t16-/m1/s1. The number of rotatable bonds is 4. The van der Waals surface area contributed by atoms with E-state index in [2.05, 4.69) is 11.1 Å². The van der Waals surface area contributed by atoms with Crippen molar-refractivity contribution >= 4 is 22.8 Å². The van der Waals surface area contributed by atoms with Crippen molar-refractivity contribution < 1.29 is 14.3 Å². The molecule has 122 valence electrons. The number of aromatic nitrogens is 1. The SMILES string of the molecule is COC(=O)[C@H]1CCCCN1C(=O)CCc1c[nH]c2ccccc12. The Morgan fingerprint density at radius 2 is 2.13 bits per heavy atom. The van der Waals surface area contributed by atoms with Crippen molar-refractivity contribution in [1.29, 1.82) is 0 Å². The smallest absolute Gasteiger partial charge is 0.328 e. The van der Waals surface area contributed by atoms with Gasteiger partial charge >= 0.3 is 5.97 Å². The third-order valence-electron chi connectivity index (χ3n) is 4.58. The average Bonchev–Trinajstić information content (AvgIpc) is 3.02. The van der Waals surface area contributed by atoms with Gasteiger partial charge in [0.25, 0.3) is 0 Å². The molecule has 1 aliphatic heterocycles. The molecule has 0 aliphatic carbocycles. The van der Waals surface area contributed by atoms with E-state index in [1.54, 1.807) is 4.90 Å². The van der Waals surface area contributed by atoms with Crippen LogP contribution < -0.4 is 0 Å². The van der Waals surface area contributed by atoms with Gasteiger partial charge in [0.05, 0.1) is 7.11 Å². The Hall–Kier alpha value is -2.30. The molecule has 0 unspecified atom stereocenters. The Morgan fingerprint density at radius 1 is 1.30 bits per heavy atom. The number of benzene rings is 1. The van der Waals surface area contributed by atoms with Crippen LogP contribution in [0.15, 0.2) is 30.5 Å². The first-order valence-electron chi connectivity index (χ1n) is 8.13. The summed E-state index contributed by atoms with van der Waals surface area (Å²) in [6.07, 6.45) is 5.67. The van der Waals surface area contributed by atoms with Gasteiger partial charge in [-0.2, -0.15) is 0 Å². The molecule has 23 heavy (non-hydrogen) atoms. The molecule has 1 aromatic carbocycles. The van der Waals surface area contributed by atoms with Crippen molar-refractivity contribution in [3.63, 3.8) is 0 Å². The van der Waals surface area contributed by atoms with Crippen LogP contribution in [0.25, 0.3) is 10.9 Å². The van der Waals surface area contributed by atoms with Crippen molar-refractivity contribution in [2.24, 2.45) is 0 Å². The van der Waals surface area contributed by atoms with Gasteiger partial charge in [-0.15, -0.1) is 0 Å². The number of nitrogens with zero attached hydrogens (tertiary/aromatic N) is 1. The number of para-hydroxylation sites is 1. The van der Waals surface area contributed by atoms with E-state index in [4.69, 9.17) is 4.74 Å². The van der Waals surface area contributed by atoms with Gasteiger partial charge in [-0.3, -0.25) is 4.79 Å². The average molecular weight is 314 g/mol. The van der Waals surface area contributed by atoms with Crippen LogP contribution in [0.4, 0.5) is 0 Å². The molecule has 2 heterocycles. The van der Waals surface area contributed by atoms with E-state index in [0.29, 0.717) is 25.8 Å². The molecule has 1 aliphatic rings. The summed E-state index contributed by atoms with van der Waals surface area (Å²) < 4.78 is 4.84. The van der Waals surface area contributed by atoms with Crippen LogP contribution in [-0.2, 0) is 20.7 Å². The molecular weight excluding hydrogens is 292 g/mol. The van der Waals surface area contributed by atoms with E-state index >= 15 is 0 Å². The molecule has 3 rings (SSSR count). The van der Waals surface area contributed by atoms with Gasteiger partial charge < -0.3 is 14.6 Å². The number of amides is 1. The molecular formula is C18H22N2O3. The second-order valence-corrected chi connectivity index (χ2v) is 5.98. The zero-order valence-electron chi connectivity index (χ0n) is 13.4. The third-order valence-corrected chi connectivity index (χ3v) is 4.58. The number of aromatic amines is 1. The molecule has 0 saturated carbocycles. The Morgan fingerprint density at radius 3 is 2.96 bits per heavy atom. The van der Waals surface area contributed by atoms with Gasteiger partial charge in [-0.25, -0.2) is 4.79 Å². The van der Waals surface area contributed by atoms with E-state index in [0.717, 1.165) is 29.3 Å². The molecule has 1 amide bonds. The molecule has 1 atom stereocenters. The zero-order chi connectivity index (χ0) is 16.2. The van der Waals surface area contributed by atoms with Gasteiger partial charge in [-0.1, -0.05) is 18.2 Å². The first-order chi connectivity index (χ1) is 11.2. The van der Waals surface area contributed by atoms with Crippen LogP contribution in [0.2, 0.25) is 0 Å². The number of likely N-dealkylation sites (tertiary alicyclic amines) is 1. The maximum Gasteiger partial charge on any atom is 0.328 e. The van der Waals surface area contributed by atoms with E-state index in [9.17, 15) is 9.59 Å². The summed E-state index contributed by atoms with van der Waals surface area (Å²) in [5, 5.41) is 1.16. The Kier molecular flexibility index (Phi) is 4.65. The van der Waals surface area contributed by atoms with Crippen LogP contribution in [0.5, 0.6) is 0 Å². The van der Waals surface area contributed by atoms with Gasteiger partial charge in [0.15, 0.2) is 0 Å². The maximum atomic E-state index is 12.6. The van der Waals surface area contributed by atoms with Crippen molar-refractivity contribution in [1.82, 2.24) is 9.88 Å². The number of fused-ring (bicyclic) bond motifs is 1. The predicted octanol–water partition coefficient (Wildman–Crippen LogP) is 2.65. The highest BCUT2D eigenvalue weighted by Crippen LogP contribution is 2.22. The number of nitrogens with one attached hydrogen (secondary N) is 1. The van der Waals surface area contributed by atoms with Crippen molar-refractivity contribution in [3.05, 3.63) is 36.0 Å². The number of hydrogen-bond donors (Lipinski definition) is 1. The molecule has 5 heteroatoms. The summed E-state index contributed by atoms with van der Waals surface area (Å²) in [5.41, 5.74) is 2.22. The van der Waals surface area contributed by atoms with Crippen LogP contribution in [0.1, 0.15) is 31.2 Å². The van der Waals surface area contributed by atoms with E-state index in [1.165, 1.54) is 7.11 Å². The van der Waals surface area contributed by atoms with Crippen molar-refractivity contribution in [2.45, 2.75) is 38.1 Å². The topological polar surface area (TPSA) is 62.4 Å². The molecule has 1 fully saturated rings. The van der Waals surface area contributed by atoms with Gasteiger partial charge in [-0.05, 0) is 37.3 Å². The van der Waals surface area contributed by atoms with Gasteiger partial charge in [0, 0.05) is 30.1 Å². The lowest BCUT2D eigenvalue weighted by atomic mass is 10.0. The number of carbonyl (C=O) groups excluding carboxylic acids is 2. The zero-order valence-corrected chi connectivity index (χ0v) is 13.4. The second kappa shape index (κ2) is 6.86. The fraction of sp³-hybridized carbons (Fsp3) is 0.444. The minimum absolute atomic E-state index is 0.0328. The molecule has 1 N–H and O–H groups in total. The Balaban J connectivity index is 1.67. The predicted molar refractivity (Wildman–Crippen MR) is 88.0 cm³/mol. The summed E-state index contributed by atoms with van der Waals surface area (Å²) >= 11 is 0. The largest absolute Gasteiger partial charge is 0.467 e. The summed E-state index contributed by atoms with van der Waals surface area (Å²) in [6.45, 7) is 0.645. The van der Waals surface area contributed by atoms with Crippen LogP contribution >= 0.6 is 0 Å². The molecule has 2 aromatic rings. The first-order valence-corrected chi connectivity index (χ1v) is 8.13. The van der Waals surface area contributed by atoms with Gasteiger partial charge in [0.2, 0.25) is 5.91 Å². The minimum Gasteiger partial charge on any atom is -0.467 e. The summed E-state index contributed by atoms with van der Waals surface area (Å²) in [6, 6.07) is 7.66. The number of H-pyrrole nitrogens is 1. The van der Waals surface area contributed by atoms with Crippen LogP contribution in [-0.4, -0.2) is 41.5 Å². The number of esters is 1. The number of carbonyl (C=O) groups is 2. The lowest BCUT2D eigenvalue weighted by molar-refractivity contribution is -0.154. The monoisotopic (exact) mass is 314 g/mol. The quantitative estimate of drug-likeness (QED) is 0.883. The maximum absolute atomic E-state index is 12.6. The second-order valence-electron chi connectivity index (χ2n) is 5.98. The van der Waals surface area contributed by atoms with Crippen molar-refractivity contribution in [3.8, 4) is 0 Å². The molecule has 0 spiro atoms. The first kappa shape index (κ1) is 15.6. The highest BCUT2D eigenvalue weighted by molar-refractivity contribution is 5.86. The van der Waals surface area contributed by atoms with Crippen LogP contribution in [0.3, 0.4) is 0 Å². The molecule has 1 saturated heterocycles. The number of piperidine rings is 1. The van der Waals surface area contributed by atoms with E-state index < -0.39 is 6.04 Å². The summed E-state index contributed by atoms with van der Waals surface area (Å²) in [4.78, 5) is 29.4. The molecule has 5 nitrogen and oxygen atoms in total. The van der Waals surface area contributed by atoms with E-state index in [-0.39, 0.29) is 11.9 Å². The number of hydrogen-bond acceptors (Lipinski definition) is 3. The van der Waals surface area contributed by atoms with E-state index in [1.807, 2.05) is 24.4 Å². The third kappa shape index (κ3) is 3.23. The minimum atomic E-state index is -0.413. The Bertz CT molecular complexity index is 707. The summed E-state index contributed by atoms with van der Waals surface area (Å²) in [7, 11) is 1.38. The van der Waals surface area contributed by atoms with Crippen LogP contribution in [0, 0.1) is 0 Å². The lowest BCUT2D eigenvalue weighted by Gasteiger charge is -2.33. The molecule has 0 radical (unpaired) electrons. The molecule has 1 aromatic heterocycles. The number of ether oxygens (including phenoxy) is 1. The number of methoxy groups -OCH3 is 1. The fourth-order valence-electron chi connectivity index (χ4n) is 3.33. The Labute approximate surface area is 135 Å².